The van der Waals surface area contributed by atoms with Crippen LogP contribution in [0.1, 0.15) is 22.3 Å². The molecule has 0 bridgehead atoms. The molecule has 13 aromatic carbocycles. The Labute approximate surface area is 420 Å². The largest absolute Gasteiger partial charge is 0.310 e. The Balaban J connectivity index is 0.919. The highest BCUT2D eigenvalue weighted by molar-refractivity contribution is 6.15. The molecular formula is C71H47N. The topological polar surface area (TPSA) is 3.24 Å². The van der Waals surface area contributed by atoms with Crippen molar-refractivity contribution < 1.29 is 0 Å². The van der Waals surface area contributed by atoms with Gasteiger partial charge in [0.25, 0.3) is 0 Å². The zero-order valence-electron chi connectivity index (χ0n) is 39.6. The Morgan fingerprint density at radius 2 is 0.667 bits per heavy atom. The van der Waals surface area contributed by atoms with Crippen molar-refractivity contribution in [1.29, 1.82) is 0 Å². The Bertz CT molecular complexity index is 4010. The van der Waals surface area contributed by atoms with Gasteiger partial charge in [0.2, 0.25) is 0 Å². The van der Waals surface area contributed by atoms with E-state index in [9.17, 15) is 0 Å². The fraction of sp³-hybridized carbons (Fsp3) is 0.0141. The molecule has 1 aliphatic rings. The average molecular weight is 914 g/mol. The van der Waals surface area contributed by atoms with Crippen molar-refractivity contribution in [2.75, 3.05) is 4.90 Å². The summed E-state index contributed by atoms with van der Waals surface area (Å²) in [6.07, 6.45) is 0. The van der Waals surface area contributed by atoms with E-state index < -0.39 is 5.41 Å². The minimum atomic E-state index is -0.432. The van der Waals surface area contributed by atoms with Gasteiger partial charge in [0.1, 0.15) is 0 Å². The van der Waals surface area contributed by atoms with Crippen LogP contribution in [0.5, 0.6) is 0 Å². The fourth-order valence-electron chi connectivity index (χ4n) is 12.1. The van der Waals surface area contributed by atoms with Gasteiger partial charge >= 0.3 is 0 Å². The number of nitrogens with zero attached hydrogens (tertiary/aromatic N) is 1. The molecule has 0 amide bonds. The van der Waals surface area contributed by atoms with Gasteiger partial charge in [-0.05, 0) is 164 Å². The predicted molar refractivity (Wildman–Crippen MR) is 305 cm³/mol. The molecule has 1 aliphatic carbocycles. The van der Waals surface area contributed by atoms with Crippen LogP contribution >= 0.6 is 0 Å². The summed E-state index contributed by atoms with van der Waals surface area (Å²) in [6.45, 7) is 0. The van der Waals surface area contributed by atoms with E-state index in [-0.39, 0.29) is 0 Å². The molecule has 0 N–H and O–H groups in total. The highest BCUT2D eigenvalue weighted by Crippen LogP contribution is 2.57. The number of fused-ring (bicyclic) bond motifs is 9. The predicted octanol–water partition coefficient (Wildman–Crippen LogP) is 19.1. The molecule has 0 fully saturated rings. The summed E-state index contributed by atoms with van der Waals surface area (Å²) in [5, 5.41) is 10.0. The third-order valence-corrected chi connectivity index (χ3v) is 15.3. The molecule has 0 heterocycles. The van der Waals surface area contributed by atoms with Crippen LogP contribution in [0.4, 0.5) is 17.1 Å². The molecule has 0 aliphatic heterocycles. The van der Waals surface area contributed by atoms with Crippen LogP contribution in [0.3, 0.4) is 0 Å². The van der Waals surface area contributed by atoms with Crippen LogP contribution in [0, 0.1) is 0 Å². The van der Waals surface area contributed by atoms with Crippen molar-refractivity contribution in [1.82, 2.24) is 0 Å². The van der Waals surface area contributed by atoms with Crippen LogP contribution in [0.25, 0.3) is 87.6 Å². The van der Waals surface area contributed by atoms with Crippen LogP contribution in [-0.2, 0) is 5.41 Å². The first kappa shape index (κ1) is 41.7. The maximum Gasteiger partial charge on any atom is 0.0713 e. The minimum Gasteiger partial charge on any atom is -0.310 e. The lowest BCUT2D eigenvalue weighted by molar-refractivity contribution is 0.768. The molecule has 1 heteroatoms. The Morgan fingerprint density at radius 1 is 0.222 bits per heavy atom. The first-order valence-electron chi connectivity index (χ1n) is 25.0. The normalized spacial score (nSPS) is 12.6. The number of hydrogen-bond acceptors (Lipinski definition) is 1. The highest BCUT2D eigenvalue weighted by Gasteiger charge is 2.46. The van der Waals surface area contributed by atoms with Crippen molar-refractivity contribution in [2.45, 2.75) is 5.41 Å². The van der Waals surface area contributed by atoms with Gasteiger partial charge in [0.15, 0.2) is 0 Å². The molecule has 336 valence electrons. The maximum absolute atomic E-state index is 2.43. The number of rotatable bonds is 8. The summed E-state index contributed by atoms with van der Waals surface area (Å²) in [5.74, 6) is 0. The fourth-order valence-corrected chi connectivity index (χ4v) is 12.1. The molecule has 0 radical (unpaired) electrons. The molecule has 0 unspecified atom stereocenters. The van der Waals surface area contributed by atoms with Gasteiger partial charge < -0.3 is 4.90 Å². The van der Waals surface area contributed by atoms with E-state index in [0.29, 0.717) is 0 Å². The molecule has 0 atom stereocenters. The zero-order valence-corrected chi connectivity index (χ0v) is 39.6. The third-order valence-electron chi connectivity index (χ3n) is 15.3. The van der Waals surface area contributed by atoms with E-state index in [0.717, 1.165) is 17.1 Å². The van der Waals surface area contributed by atoms with Crippen molar-refractivity contribution in [2.24, 2.45) is 0 Å². The summed E-state index contributed by atoms with van der Waals surface area (Å²) >= 11 is 0. The second kappa shape index (κ2) is 17.0. The Morgan fingerprint density at radius 3 is 1.22 bits per heavy atom. The van der Waals surface area contributed by atoms with Crippen LogP contribution < -0.4 is 4.90 Å². The van der Waals surface area contributed by atoms with E-state index in [1.807, 2.05) is 0 Å². The lowest BCUT2D eigenvalue weighted by Crippen LogP contribution is -2.28. The van der Waals surface area contributed by atoms with Crippen LogP contribution in [0.2, 0.25) is 0 Å². The Kier molecular flexibility index (Phi) is 9.82. The van der Waals surface area contributed by atoms with Crippen molar-refractivity contribution >= 4 is 60.2 Å². The quantitative estimate of drug-likeness (QED) is 0.137. The Hall–Kier alpha value is -9.30. The molecule has 14 rings (SSSR count). The maximum atomic E-state index is 2.43. The van der Waals surface area contributed by atoms with Crippen molar-refractivity contribution in [3.05, 3.63) is 307 Å². The van der Waals surface area contributed by atoms with E-state index in [2.05, 4.69) is 290 Å². The van der Waals surface area contributed by atoms with Gasteiger partial charge in [0.05, 0.1) is 5.41 Å². The summed E-state index contributed by atoms with van der Waals surface area (Å²) < 4.78 is 0. The number of benzene rings is 13. The molecular weight excluding hydrogens is 867 g/mol. The van der Waals surface area contributed by atoms with Crippen LogP contribution in [0.15, 0.2) is 285 Å². The summed E-state index contributed by atoms with van der Waals surface area (Å²) in [4.78, 5) is 2.43. The lowest BCUT2D eigenvalue weighted by atomic mass is 9.67. The third kappa shape index (κ3) is 6.63. The summed E-state index contributed by atoms with van der Waals surface area (Å²) in [7, 11) is 0. The molecule has 0 aromatic heterocycles. The first-order chi connectivity index (χ1) is 35.7. The smallest absolute Gasteiger partial charge is 0.0713 e. The van der Waals surface area contributed by atoms with Crippen molar-refractivity contribution in [3.63, 3.8) is 0 Å². The monoisotopic (exact) mass is 913 g/mol. The van der Waals surface area contributed by atoms with E-state index in [1.165, 1.54) is 110 Å². The van der Waals surface area contributed by atoms with E-state index in [4.69, 9.17) is 0 Å². The molecule has 13 aromatic rings. The van der Waals surface area contributed by atoms with Crippen LogP contribution in [-0.4, -0.2) is 0 Å². The highest BCUT2D eigenvalue weighted by atomic mass is 15.1. The zero-order chi connectivity index (χ0) is 47.6. The average Bonchev–Trinajstić information content (AvgIpc) is 3.76. The standard InChI is InChI=1S/C71H47N/c1-3-23-54(24-4-1)71(55-25-5-2-6-26-55)69-36-16-15-35-65(69)68-45-49(39-42-70(68)71)48-37-40-56(41-38-48)72(57-27-17-21-50(43-57)66-46-52-19-7-9-29-59(52)61-31-11-13-33-63(61)66)58-28-18-22-51(44-58)67-47-53-20-8-10-30-60(53)62-32-12-14-34-64(62)67/h1-47H. The molecule has 0 saturated carbocycles. The van der Waals surface area contributed by atoms with E-state index >= 15 is 0 Å². The summed E-state index contributed by atoms with van der Waals surface area (Å²) in [5.41, 5.74) is 17.7. The summed E-state index contributed by atoms with van der Waals surface area (Å²) in [6, 6.07) is 105. The van der Waals surface area contributed by atoms with Gasteiger partial charge in [-0.25, -0.2) is 0 Å². The minimum absolute atomic E-state index is 0.432. The molecule has 1 nitrogen and oxygen atoms in total. The van der Waals surface area contributed by atoms with Gasteiger partial charge in [-0.15, -0.1) is 0 Å². The first-order valence-corrected chi connectivity index (χ1v) is 25.0. The molecule has 0 spiro atoms. The number of hydrogen-bond donors (Lipinski definition) is 0. The molecule has 72 heavy (non-hydrogen) atoms. The van der Waals surface area contributed by atoms with Crippen molar-refractivity contribution in [3.8, 4) is 44.5 Å². The van der Waals surface area contributed by atoms with Gasteiger partial charge in [-0.2, -0.15) is 0 Å². The second-order valence-electron chi connectivity index (χ2n) is 19.2. The SMILES string of the molecule is c1ccc(C2(c3ccccc3)c3ccccc3-c3cc(-c4ccc(N(c5cccc(-c6cc7ccccc7c7ccccc67)c5)c5cccc(-c6cc7ccccc7c7ccccc67)c5)cc4)ccc32)cc1. The van der Waals surface area contributed by atoms with Gasteiger partial charge in [0, 0.05) is 17.1 Å². The van der Waals surface area contributed by atoms with Gasteiger partial charge in [-0.1, -0.05) is 231 Å². The van der Waals surface area contributed by atoms with E-state index in [1.54, 1.807) is 0 Å². The lowest BCUT2D eigenvalue weighted by Gasteiger charge is -2.33. The second-order valence-corrected chi connectivity index (χ2v) is 19.2. The van der Waals surface area contributed by atoms with Gasteiger partial charge in [-0.3, -0.25) is 0 Å². The molecule has 0 saturated heterocycles. The number of anilines is 3.